The van der Waals surface area contributed by atoms with Gasteiger partial charge in [-0.15, -0.1) is 0 Å². The highest BCUT2D eigenvalue weighted by Gasteiger charge is 2.24. The molecule has 1 amide bonds. The molecule has 0 saturated carbocycles. The number of carboxylic acid groups (broad SMARTS) is 1. The molecule has 6 heteroatoms. The van der Waals surface area contributed by atoms with Gasteiger partial charge in [0, 0.05) is 11.4 Å². The average Bonchev–Trinajstić information content (AvgIpc) is 2.70. The van der Waals surface area contributed by atoms with Crippen LogP contribution in [0.2, 0.25) is 0 Å². The predicted molar refractivity (Wildman–Crippen MR) is 65.3 cm³/mol. The Hall–Kier alpha value is -1.43. The fourth-order valence-corrected chi connectivity index (χ4v) is 2.13. The Labute approximate surface area is 104 Å². The van der Waals surface area contributed by atoms with Crippen molar-refractivity contribution in [2.45, 2.75) is 33.2 Å². The molecule has 0 aliphatic heterocycles. The van der Waals surface area contributed by atoms with E-state index in [2.05, 4.69) is 4.37 Å². The lowest BCUT2D eigenvalue weighted by atomic mass is 10.1. The molecule has 5 nitrogen and oxygen atoms in total. The Kier molecular flexibility index (Phi) is 4.62. The molecule has 17 heavy (non-hydrogen) atoms. The van der Waals surface area contributed by atoms with E-state index in [9.17, 15) is 9.59 Å². The van der Waals surface area contributed by atoms with Gasteiger partial charge >= 0.3 is 5.97 Å². The SMILES string of the molecule is CCC(C)N(CC(=O)O)C(=O)c1csnc1C. The van der Waals surface area contributed by atoms with Crippen molar-refractivity contribution >= 4 is 23.4 Å². The molecular formula is C11H16N2O3S. The van der Waals surface area contributed by atoms with Crippen molar-refractivity contribution in [1.29, 1.82) is 0 Å². The lowest BCUT2D eigenvalue weighted by molar-refractivity contribution is -0.138. The Morgan fingerprint density at radius 2 is 2.24 bits per heavy atom. The topological polar surface area (TPSA) is 70.5 Å². The molecule has 1 aromatic rings. The van der Waals surface area contributed by atoms with E-state index in [1.165, 1.54) is 16.4 Å². The van der Waals surface area contributed by atoms with Crippen LogP contribution in [0.15, 0.2) is 5.38 Å². The fourth-order valence-electron chi connectivity index (χ4n) is 1.45. The standard InChI is InChI=1S/C11H16N2O3S/c1-4-7(2)13(5-10(14)15)11(16)9-6-17-12-8(9)3/h6-7H,4-5H2,1-3H3,(H,14,15). The Balaban J connectivity index is 2.94. The van der Waals surface area contributed by atoms with Crippen molar-refractivity contribution < 1.29 is 14.7 Å². The summed E-state index contributed by atoms with van der Waals surface area (Å²) in [5.41, 5.74) is 1.15. The molecule has 94 valence electrons. The number of nitrogens with zero attached hydrogens (tertiary/aromatic N) is 2. The Bertz CT molecular complexity index is 417. The summed E-state index contributed by atoms with van der Waals surface area (Å²) in [6.07, 6.45) is 0.718. The zero-order valence-corrected chi connectivity index (χ0v) is 11.0. The molecule has 1 heterocycles. The fraction of sp³-hybridized carbons (Fsp3) is 0.545. The van der Waals surface area contributed by atoms with Crippen molar-refractivity contribution in [2.24, 2.45) is 0 Å². The zero-order chi connectivity index (χ0) is 13.0. The van der Waals surface area contributed by atoms with Crippen molar-refractivity contribution in [1.82, 2.24) is 9.27 Å². The van der Waals surface area contributed by atoms with Gasteiger partial charge in [0.15, 0.2) is 0 Å². The maximum Gasteiger partial charge on any atom is 0.323 e. The van der Waals surface area contributed by atoms with Gasteiger partial charge in [0.1, 0.15) is 6.54 Å². The van der Waals surface area contributed by atoms with Crippen LogP contribution in [0.25, 0.3) is 0 Å². The molecule has 1 unspecified atom stereocenters. The zero-order valence-electron chi connectivity index (χ0n) is 10.1. The molecule has 1 rings (SSSR count). The quantitative estimate of drug-likeness (QED) is 0.871. The minimum atomic E-state index is -1.00. The summed E-state index contributed by atoms with van der Waals surface area (Å²) in [7, 11) is 0. The third kappa shape index (κ3) is 3.26. The van der Waals surface area contributed by atoms with Crippen LogP contribution in [0.4, 0.5) is 0 Å². The first-order valence-corrected chi connectivity index (χ1v) is 6.24. The van der Waals surface area contributed by atoms with E-state index in [0.29, 0.717) is 11.3 Å². The molecule has 0 aliphatic rings. The highest BCUT2D eigenvalue weighted by atomic mass is 32.1. The normalized spacial score (nSPS) is 12.2. The Morgan fingerprint density at radius 3 is 2.65 bits per heavy atom. The summed E-state index contributed by atoms with van der Waals surface area (Å²) in [6.45, 7) is 5.24. The number of rotatable bonds is 5. The van der Waals surface area contributed by atoms with E-state index < -0.39 is 5.97 Å². The highest BCUT2D eigenvalue weighted by Crippen LogP contribution is 2.15. The third-order valence-corrected chi connectivity index (χ3v) is 3.39. The van der Waals surface area contributed by atoms with Gasteiger partial charge in [-0.05, 0) is 31.8 Å². The average molecular weight is 256 g/mol. The maximum absolute atomic E-state index is 12.2. The van der Waals surface area contributed by atoms with Crippen LogP contribution < -0.4 is 0 Å². The molecule has 0 spiro atoms. The number of aromatic nitrogens is 1. The van der Waals surface area contributed by atoms with Crippen LogP contribution >= 0.6 is 11.5 Å². The van der Waals surface area contributed by atoms with Gasteiger partial charge in [-0.3, -0.25) is 9.59 Å². The third-order valence-electron chi connectivity index (χ3n) is 2.67. The van der Waals surface area contributed by atoms with E-state index >= 15 is 0 Å². The van der Waals surface area contributed by atoms with Gasteiger partial charge in [0.2, 0.25) is 0 Å². The maximum atomic E-state index is 12.2. The molecule has 1 N–H and O–H groups in total. The first-order chi connectivity index (χ1) is 7.97. The Morgan fingerprint density at radius 1 is 1.59 bits per heavy atom. The second kappa shape index (κ2) is 5.77. The number of carbonyl (C=O) groups excluding carboxylic acids is 1. The number of aliphatic carboxylic acids is 1. The van der Waals surface area contributed by atoms with E-state index in [1.807, 2.05) is 13.8 Å². The summed E-state index contributed by atoms with van der Waals surface area (Å²) in [5, 5.41) is 10.5. The van der Waals surface area contributed by atoms with Crippen LogP contribution in [0.5, 0.6) is 0 Å². The van der Waals surface area contributed by atoms with Crippen molar-refractivity contribution in [3.05, 3.63) is 16.6 Å². The van der Waals surface area contributed by atoms with Crippen LogP contribution in [0.1, 0.15) is 36.3 Å². The van der Waals surface area contributed by atoms with Gasteiger partial charge in [-0.2, -0.15) is 4.37 Å². The van der Waals surface area contributed by atoms with Gasteiger partial charge < -0.3 is 10.0 Å². The first-order valence-electron chi connectivity index (χ1n) is 5.41. The highest BCUT2D eigenvalue weighted by molar-refractivity contribution is 7.03. The van der Waals surface area contributed by atoms with E-state index in [4.69, 9.17) is 5.11 Å². The summed E-state index contributed by atoms with van der Waals surface area (Å²) in [6, 6.07) is -0.0992. The monoisotopic (exact) mass is 256 g/mol. The van der Waals surface area contributed by atoms with Crippen LogP contribution in [0, 0.1) is 6.92 Å². The van der Waals surface area contributed by atoms with E-state index in [0.717, 1.165) is 6.42 Å². The van der Waals surface area contributed by atoms with E-state index in [1.54, 1.807) is 12.3 Å². The molecule has 0 fully saturated rings. The van der Waals surface area contributed by atoms with Crippen molar-refractivity contribution in [3.8, 4) is 0 Å². The molecule has 0 bridgehead atoms. The summed E-state index contributed by atoms with van der Waals surface area (Å²) >= 11 is 1.21. The number of carboxylic acids is 1. The van der Waals surface area contributed by atoms with Crippen LogP contribution in [0.3, 0.4) is 0 Å². The molecule has 0 saturated heterocycles. The molecule has 0 radical (unpaired) electrons. The predicted octanol–water partition coefficient (Wildman–Crippen LogP) is 1.78. The van der Waals surface area contributed by atoms with Crippen molar-refractivity contribution in [2.75, 3.05) is 6.54 Å². The summed E-state index contributed by atoms with van der Waals surface area (Å²) in [5.74, 6) is -1.26. The van der Waals surface area contributed by atoms with Gasteiger partial charge in [-0.25, -0.2) is 0 Å². The molecule has 1 aromatic heterocycles. The number of hydrogen-bond donors (Lipinski definition) is 1. The second-order valence-corrected chi connectivity index (χ2v) is 4.53. The number of aryl methyl sites for hydroxylation is 1. The van der Waals surface area contributed by atoms with Gasteiger partial charge in [0.05, 0.1) is 11.3 Å². The lowest BCUT2D eigenvalue weighted by Gasteiger charge is -2.26. The minimum absolute atomic E-state index is 0.0992. The van der Waals surface area contributed by atoms with Crippen LogP contribution in [-0.4, -0.2) is 38.8 Å². The summed E-state index contributed by atoms with van der Waals surface area (Å²) < 4.78 is 4.03. The smallest absolute Gasteiger partial charge is 0.323 e. The molecule has 0 aromatic carbocycles. The number of hydrogen-bond acceptors (Lipinski definition) is 4. The minimum Gasteiger partial charge on any atom is -0.480 e. The molecule has 1 atom stereocenters. The second-order valence-electron chi connectivity index (χ2n) is 3.90. The van der Waals surface area contributed by atoms with Gasteiger partial charge in [0.25, 0.3) is 5.91 Å². The molecular weight excluding hydrogens is 240 g/mol. The number of amides is 1. The lowest BCUT2D eigenvalue weighted by Crippen LogP contribution is -2.41. The largest absolute Gasteiger partial charge is 0.480 e. The number of carbonyl (C=O) groups is 2. The molecule has 0 aliphatic carbocycles. The first kappa shape index (κ1) is 13.6. The summed E-state index contributed by atoms with van der Waals surface area (Å²) in [4.78, 5) is 24.3. The van der Waals surface area contributed by atoms with Gasteiger partial charge in [-0.1, -0.05) is 6.92 Å². The van der Waals surface area contributed by atoms with E-state index in [-0.39, 0.29) is 18.5 Å². The van der Waals surface area contributed by atoms with Crippen LogP contribution in [-0.2, 0) is 4.79 Å². The van der Waals surface area contributed by atoms with Crippen molar-refractivity contribution in [3.63, 3.8) is 0 Å².